The fraction of sp³-hybridized carbons (Fsp3) is 0.875. The number of hydrogen-bond acceptors (Lipinski definition) is 1. The lowest BCUT2D eigenvalue weighted by Crippen LogP contribution is -2.27. The van der Waals surface area contributed by atoms with E-state index in [1.54, 1.807) is 0 Å². The highest BCUT2D eigenvalue weighted by Crippen LogP contribution is 2.48. The standard InChI is InChI=1S/C8H11ClO/c1-4-2-5-3-6(4)7(9)8(5)10/h4-7H,2-3H2,1H3/t4-,5+,6+,7-/m0/s1. The van der Waals surface area contributed by atoms with Crippen LogP contribution in [0.2, 0.25) is 0 Å². The van der Waals surface area contributed by atoms with Crippen molar-refractivity contribution in [3.8, 4) is 0 Å². The number of carbonyl (C=O) groups is 1. The molecule has 0 spiro atoms. The normalized spacial score (nSPS) is 52.4. The van der Waals surface area contributed by atoms with Crippen LogP contribution >= 0.6 is 11.6 Å². The second kappa shape index (κ2) is 1.97. The van der Waals surface area contributed by atoms with Crippen LogP contribution in [-0.2, 0) is 4.79 Å². The molecule has 0 heterocycles. The van der Waals surface area contributed by atoms with Crippen molar-refractivity contribution >= 4 is 17.4 Å². The molecule has 2 saturated carbocycles. The Bertz CT molecular complexity index is 174. The fourth-order valence-corrected chi connectivity index (χ4v) is 2.89. The Morgan fingerprint density at radius 1 is 1.50 bits per heavy atom. The molecule has 10 heavy (non-hydrogen) atoms. The topological polar surface area (TPSA) is 17.1 Å². The zero-order valence-corrected chi connectivity index (χ0v) is 6.77. The van der Waals surface area contributed by atoms with Gasteiger partial charge in [0.05, 0.1) is 5.38 Å². The van der Waals surface area contributed by atoms with Gasteiger partial charge in [0.1, 0.15) is 0 Å². The number of halogens is 1. The van der Waals surface area contributed by atoms with E-state index in [0.29, 0.717) is 23.5 Å². The molecule has 0 radical (unpaired) electrons. The molecule has 1 nitrogen and oxygen atoms in total. The van der Waals surface area contributed by atoms with Gasteiger partial charge < -0.3 is 0 Å². The molecule has 4 atom stereocenters. The first-order chi connectivity index (χ1) is 4.70. The Balaban J connectivity index is 2.24. The molecule has 2 aliphatic rings. The first-order valence-corrected chi connectivity index (χ1v) is 4.31. The van der Waals surface area contributed by atoms with E-state index in [4.69, 9.17) is 11.6 Å². The lowest BCUT2D eigenvalue weighted by Gasteiger charge is -2.20. The zero-order chi connectivity index (χ0) is 7.30. The second-order valence-electron chi connectivity index (χ2n) is 3.61. The van der Waals surface area contributed by atoms with Crippen molar-refractivity contribution in [3.05, 3.63) is 0 Å². The molecule has 0 aromatic heterocycles. The summed E-state index contributed by atoms with van der Waals surface area (Å²) in [5, 5.41) is -0.145. The first kappa shape index (κ1) is 6.66. The summed E-state index contributed by atoms with van der Waals surface area (Å²) in [7, 11) is 0. The molecule has 0 unspecified atom stereocenters. The average molecular weight is 159 g/mol. The van der Waals surface area contributed by atoms with Gasteiger partial charge in [-0.05, 0) is 24.7 Å². The molecular formula is C8H11ClO. The number of rotatable bonds is 0. The minimum absolute atomic E-state index is 0.145. The number of alkyl halides is 1. The van der Waals surface area contributed by atoms with Crippen LogP contribution in [-0.4, -0.2) is 11.2 Å². The third kappa shape index (κ3) is 0.672. The van der Waals surface area contributed by atoms with E-state index in [9.17, 15) is 4.79 Å². The van der Waals surface area contributed by atoms with Crippen LogP contribution in [0.4, 0.5) is 0 Å². The minimum atomic E-state index is -0.145. The summed E-state index contributed by atoms with van der Waals surface area (Å²) in [6.45, 7) is 2.20. The van der Waals surface area contributed by atoms with Gasteiger partial charge in [-0.3, -0.25) is 4.79 Å². The Morgan fingerprint density at radius 3 is 2.60 bits per heavy atom. The summed E-state index contributed by atoms with van der Waals surface area (Å²) in [4.78, 5) is 11.2. The highest BCUT2D eigenvalue weighted by Gasteiger charge is 2.49. The van der Waals surface area contributed by atoms with Crippen LogP contribution in [0.25, 0.3) is 0 Å². The Kier molecular flexibility index (Phi) is 1.31. The van der Waals surface area contributed by atoms with Gasteiger partial charge in [-0.1, -0.05) is 6.92 Å². The number of hydrogen-bond donors (Lipinski definition) is 0. The third-order valence-electron chi connectivity index (χ3n) is 2.99. The number of ketones is 1. The van der Waals surface area contributed by atoms with E-state index in [1.165, 1.54) is 0 Å². The molecule has 0 aromatic carbocycles. The van der Waals surface area contributed by atoms with Crippen LogP contribution < -0.4 is 0 Å². The maximum Gasteiger partial charge on any atom is 0.154 e. The van der Waals surface area contributed by atoms with Crippen LogP contribution in [0, 0.1) is 17.8 Å². The van der Waals surface area contributed by atoms with Crippen molar-refractivity contribution in [2.75, 3.05) is 0 Å². The van der Waals surface area contributed by atoms with Crippen LogP contribution in [0.5, 0.6) is 0 Å². The fourth-order valence-electron chi connectivity index (χ4n) is 2.36. The Labute approximate surface area is 65.7 Å². The van der Waals surface area contributed by atoms with Gasteiger partial charge >= 0.3 is 0 Å². The molecule has 0 aromatic rings. The molecule has 2 aliphatic carbocycles. The van der Waals surface area contributed by atoms with E-state index in [2.05, 4.69) is 6.92 Å². The van der Waals surface area contributed by atoms with E-state index in [-0.39, 0.29) is 5.38 Å². The van der Waals surface area contributed by atoms with E-state index < -0.39 is 0 Å². The monoisotopic (exact) mass is 158 g/mol. The SMILES string of the molecule is C[C@H]1C[C@@H]2C[C@H]1[C@H](Cl)C2=O. The summed E-state index contributed by atoms with van der Waals surface area (Å²) in [5.41, 5.74) is 0. The van der Waals surface area contributed by atoms with E-state index in [1.807, 2.05) is 0 Å². The summed E-state index contributed by atoms with van der Waals surface area (Å²) in [5.74, 6) is 1.82. The second-order valence-corrected chi connectivity index (χ2v) is 4.08. The average Bonchev–Trinajstić information content (AvgIpc) is 2.36. The largest absolute Gasteiger partial charge is 0.298 e. The van der Waals surface area contributed by atoms with Crippen LogP contribution in [0.1, 0.15) is 19.8 Å². The minimum Gasteiger partial charge on any atom is -0.298 e. The van der Waals surface area contributed by atoms with Gasteiger partial charge in [-0.2, -0.15) is 0 Å². The van der Waals surface area contributed by atoms with Crippen molar-refractivity contribution in [1.29, 1.82) is 0 Å². The molecule has 2 bridgehead atoms. The van der Waals surface area contributed by atoms with Crippen molar-refractivity contribution in [2.24, 2.45) is 17.8 Å². The molecule has 56 valence electrons. The summed E-state index contributed by atoms with van der Waals surface area (Å²) >= 11 is 5.90. The molecular weight excluding hydrogens is 148 g/mol. The third-order valence-corrected chi connectivity index (χ3v) is 3.53. The van der Waals surface area contributed by atoms with Crippen molar-refractivity contribution in [1.82, 2.24) is 0 Å². The summed E-state index contributed by atoms with van der Waals surface area (Å²) in [6.07, 6.45) is 2.15. The summed E-state index contributed by atoms with van der Waals surface area (Å²) < 4.78 is 0. The maximum absolute atomic E-state index is 11.2. The smallest absolute Gasteiger partial charge is 0.154 e. The van der Waals surface area contributed by atoms with Gasteiger partial charge in [0.2, 0.25) is 0 Å². The maximum atomic E-state index is 11.2. The quantitative estimate of drug-likeness (QED) is 0.492. The van der Waals surface area contributed by atoms with Crippen molar-refractivity contribution in [2.45, 2.75) is 25.1 Å². The molecule has 0 N–H and O–H groups in total. The lowest BCUT2D eigenvalue weighted by atomic mass is 9.89. The summed E-state index contributed by atoms with van der Waals surface area (Å²) in [6, 6.07) is 0. The predicted octanol–water partition coefficient (Wildman–Crippen LogP) is 1.84. The van der Waals surface area contributed by atoms with Crippen molar-refractivity contribution in [3.63, 3.8) is 0 Å². The molecule has 2 heteroatoms. The molecule has 0 aliphatic heterocycles. The Hall–Kier alpha value is -0.0400. The first-order valence-electron chi connectivity index (χ1n) is 3.88. The van der Waals surface area contributed by atoms with Gasteiger partial charge in [0.15, 0.2) is 5.78 Å². The Morgan fingerprint density at radius 2 is 2.20 bits per heavy atom. The lowest BCUT2D eigenvalue weighted by molar-refractivity contribution is -0.121. The molecule has 2 rings (SSSR count). The van der Waals surface area contributed by atoms with Gasteiger partial charge in [0.25, 0.3) is 0 Å². The molecule has 0 amide bonds. The number of Topliss-reactive ketones (excluding diaryl/α,β-unsaturated/α-hetero) is 1. The van der Waals surface area contributed by atoms with Crippen LogP contribution in [0.15, 0.2) is 0 Å². The molecule has 0 saturated heterocycles. The highest BCUT2D eigenvalue weighted by molar-refractivity contribution is 6.32. The zero-order valence-electron chi connectivity index (χ0n) is 6.01. The highest BCUT2D eigenvalue weighted by atomic mass is 35.5. The van der Waals surface area contributed by atoms with Crippen LogP contribution in [0.3, 0.4) is 0 Å². The van der Waals surface area contributed by atoms with E-state index in [0.717, 1.165) is 12.8 Å². The number of fused-ring (bicyclic) bond motifs is 2. The van der Waals surface area contributed by atoms with Gasteiger partial charge in [-0.15, -0.1) is 11.6 Å². The predicted molar refractivity (Wildman–Crippen MR) is 40.0 cm³/mol. The molecule has 2 fully saturated rings. The van der Waals surface area contributed by atoms with Crippen molar-refractivity contribution < 1.29 is 4.79 Å². The van der Waals surface area contributed by atoms with Gasteiger partial charge in [0, 0.05) is 5.92 Å². The van der Waals surface area contributed by atoms with Gasteiger partial charge in [-0.25, -0.2) is 0 Å². The van der Waals surface area contributed by atoms with E-state index >= 15 is 0 Å². The number of carbonyl (C=O) groups excluding carboxylic acids is 1.